The van der Waals surface area contributed by atoms with E-state index in [2.05, 4.69) is 11.3 Å². The number of aromatic nitrogens is 2. The molecule has 0 saturated heterocycles. The second-order valence-electron chi connectivity index (χ2n) is 2.59. The van der Waals surface area contributed by atoms with Gasteiger partial charge in [-0.2, -0.15) is 0 Å². The second-order valence-corrected chi connectivity index (χ2v) is 2.59. The fourth-order valence-electron chi connectivity index (χ4n) is 1.00. The van der Waals surface area contributed by atoms with Gasteiger partial charge in [0.1, 0.15) is 12.8 Å². The summed E-state index contributed by atoms with van der Waals surface area (Å²) in [5.74, 6) is 0. The summed E-state index contributed by atoms with van der Waals surface area (Å²) in [5, 5.41) is 3.87. The van der Waals surface area contributed by atoms with Crippen LogP contribution < -0.4 is 4.84 Å². The molecule has 2 rings (SSSR count). The normalized spacial score (nSPS) is 9.85. The van der Waals surface area contributed by atoms with Gasteiger partial charge in [-0.05, 0) is 11.6 Å². The molecule has 0 atom stereocenters. The SMILES string of the molecule is [c]1ccnn1OCc1ccccc1. The Labute approximate surface area is 76.5 Å². The van der Waals surface area contributed by atoms with Crippen LogP contribution in [0.25, 0.3) is 0 Å². The van der Waals surface area contributed by atoms with Gasteiger partial charge < -0.3 is 4.84 Å². The van der Waals surface area contributed by atoms with E-state index in [-0.39, 0.29) is 0 Å². The Morgan fingerprint density at radius 1 is 1.31 bits per heavy atom. The molecule has 0 saturated carbocycles. The maximum Gasteiger partial charge on any atom is 0.142 e. The Kier molecular flexibility index (Phi) is 2.27. The molecule has 2 aromatic rings. The van der Waals surface area contributed by atoms with Gasteiger partial charge in [0, 0.05) is 0 Å². The molecule has 0 amide bonds. The van der Waals surface area contributed by atoms with Crippen molar-refractivity contribution in [2.24, 2.45) is 0 Å². The minimum Gasteiger partial charge on any atom is -0.391 e. The molecule has 0 unspecified atom stereocenters. The zero-order valence-electron chi connectivity index (χ0n) is 7.05. The van der Waals surface area contributed by atoms with Crippen LogP contribution in [0.15, 0.2) is 42.6 Å². The zero-order valence-corrected chi connectivity index (χ0v) is 7.05. The molecule has 0 aliphatic heterocycles. The third-order valence-electron chi connectivity index (χ3n) is 1.63. The van der Waals surface area contributed by atoms with Crippen molar-refractivity contribution in [3.63, 3.8) is 0 Å². The van der Waals surface area contributed by atoms with Crippen molar-refractivity contribution in [2.75, 3.05) is 0 Å². The van der Waals surface area contributed by atoms with Crippen molar-refractivity contribution in [2.45, 2.75) is 6.61 Å². The molecule has 0 aliphatic rings. The summed E-state index contributed by atoms with van der Waals surface area (Å²) < 4.78 is 0. The number of hydrogen-bond acceptors (Lipinski definition) is 2. The van der Waals surface area contributed by atoms with Gasteiger partial charge in [-0.3, -0.25) is 0 Å². The van der Waals surface area contributed by atoms with Crippen molar-refractivity contribution < 1.29 is 4.84 Å². The third-order valence-corrected chi connectivity index (χ3v) is 1.63. The highest BCUT2D eigenvalue weighted by atomic mass is 16.7. The third kappa shape index (κ3) is 2.08. The predicted molar refractivity (Wildman–Crippen MR) is 47.8 cm³/mol. The summed E-state index contributed by atoms with van der Waals surface area (Å²) in [6.45, 7) is 0.513. The average molecular weight is 173 g/mol. The summed E-state index contributed by atoms with van der Waals surface area (Å²) in [5.41, 5.74) is 1.12. The van der Waals surface area contributed by atoms with Crippen molar-refractivity contribution in [1.82, 2.24) is 9.94 Å². The Morgan fingerprint density at radius 2 is 2.15 bits per heavy atom. The van der Waals surface area contributed by atoms with Crippen LogP contribution >= 0.6 is 0 Å². The monoisotopic (exact) mass is 173 g/mol. The highest BCUT2D eigenvalue weighted by Gasteiger charge is 1.92. The maximum absolute atomic E-state index is 5.28. The molecule has 13 heavy (non-hydrogen) atoms. The topological polar surface area (TPSA) is 27.1 Å². The van der Waals surface area contributed by atoms with Gasteiger partial charge in [-0.25, -0.2) is 0 Å². The van der Waals surface area contributed by atoms with E-state index in [4.69, 9.17) is 4.84 Å². The van der Waals surface area contributed by atoms with Gasteiger partial charge in [0.2, 0.25) is 0 Å². The van der Waals surface area contributed by atoms with Gasteiger partial charge in [0.25, 0.3) is 0 Å². The first kappa shape index (κ1) is 7.86. The van der Waals surface area contributed by atoms with E-state index >= 15 is 0 Å². The lowest BCUT2D eigenvalue weighted by Crippen LogP contribution is -2.11. The van der Waals surface area contributed by atoms with Crippen molar-refractivity contribution in [1.29, 1.82) is 0 Å². The van der Waals surface area contributed by atoms with Crippen molar-refractivity contribution in [3.05, 3.63) is 54.4 Å². The Morgan fingerprint density at radius 3 is 2.85 bits per heavy atom. The molecule has 0 bridgehead atoms. The summed E-state index contributed by atoms with van der Waals surface area (Å²) in [6.07, 6.45) is 4.42. The lowest BCUT2D eigenvalue weighted by atomic mass is 10.2. The summed E-state index contributed by atoms with van der Waals surface area (Å²) in [6, 6.07) is 11.6. The summed E-state index contributed by atoms with van der Waals surface area (Å²) in [4.78, 5) is 6.61. The van der Waals surface area contributed by atoms with E-state index in [0.717, 1.165) is 5.56 Å². The minimum atomic E-state index is 0.513. The smallest absolute Gasteiger partial charge is 0.142 e. The van der Waals surface area contributed by atoms with E-state index in [1.54, 1.807) is 12.3 Å². The van der Waals surface area contributed by atoms with Crippen LogP contribution in [-0.2, 0) is 6.61 Å². The van der Waals surface area contributed by atoms with Crippen LogP contribution in [0.1, 0.15) is 5.56 Å². The fraction of sp³-hybridized carbons (Fsp3) is 0.100. The van der Waals surface area contributed by atoms with Crippen molar-refractivity contribution >= 4 is 0 Å². The van der Waals surface area contributed by atoms with Crippen LogP contribution in [0, 0.1) is 6.20 Å². The molecule has 0 N–H and O–H groups in total. The lowest BCUT2D eigenvalue weighted by molar-refractivity contribution is 0.0684. The molecule has 65 valence electrons. The van der Waals surface area contributed by atoms with Crippen LogP contribution in [0.3, 0.4) is 0 Å². The van der Waals surface area contributed by atoms with Crippen LogP contribution in [0.2, 0.25) is 0 Å². The molecule has 1 radical (unpaired) electrons. The Hall–Kier alpha value is -1.77. The number of benzene rings is 1. The average Bonchev–Trinajstić information content (AvgIpc) is 2.69. The largest absolute Gasteiger partial charge is 0.391 e. The van der Waals surface area contributed by atoms with E-state index < -0.39 is 0 Å². The highest BCUT2D eigenvalue weighted by molar-refractivity contribution is 5.13. The van der Waals surface area contributed by atoms with Gasteiger partial charge >= 0.3 is 0 Å². The number of rotatable bonds is 3. The van der Waals surface area contributed by atoms with Crippen LogP contribution in [0.4, 0.5) is 0 Å². The molecule has 0 spiro atoms. The van der Waals surface area contributed by atoms with E-state index in [1.807, 2.05) is 30.3 Å². The summed E-state index contributed by atoms with van der Waals surface area (Å²) in [7, 11) is 0. The van der Waals surface area contributed by atoms with Gasteiger partial charge in [0.15, 0.2) is 0 Å². The first-order valence-corrected chi connectivity index (χ1v) is 4.04. The van der Waals surface area contributed by atoms with Crippen LogP contribution in [-0.4, -0.2) is 9.94 Å². The van der Waals surface area contributed by atoms with E-state index in [9.17, 15) is 0 Å². The number of nitrogens with zero attached hydrogens (tertiary/aromatic N) is 2. The lowest BCUT2D eigenvalue weighted by Gasteiger charge is -2.03. The van der Waals surface area contributed by atoms with Gasteiger partial charge in [0.05, 0.1) is 6.20 Å². The first-order chi connectivity index (χ1) is 6.45. The molecule has 3 nitrogen and oxygen atoms in total. The van der Waals surface area contributed by atoms with Crippen molar-refractivity contribution in [3.8, 4) is 0 Å². The molecular formula is C10H9N2O. The van der Waals surface area contributed by atoms with Crippen LogP contribution in [0.5, 0.6) is 0 Å². The quantitative estimate of drug-likeness (QED) is 0.699. The zero-order chi connectivity index (χ0) is 8.93. The second kappa shape index (κ2) is 3.76. The Bertz CT molecular complexity index is 342. The highest BCUT2D eigenvalue weighted by Crippen LogP contribution is 1.97. The molecular weight excluding hydrogens is 164 g/mol. The fourth-order valence-corrected chi connectivity index (χ4v) is 1.00. The van der Waals surface area contributed by atoms with Gasteiger partial charge in [-0.15, -0.1) is 5.10 Å². The van der Waals surface area contributed by atoms with E-state index in [1.165, 1.54) is 4.85 Å². The first-order valence-electron chi connectivity index (χ1n) is 4.04. The molecule has 3 heteroatoms. The molecule has 0 aliphatic carbocycles. The Balaban J connectivity index is 1.94. The molecule has 1 aromatic carbocycles. The molecule has 0 fully saturated rings. The maximum atomic E-state index is 5.28. The standard InChI is InChI=1S/C10H9N2O/c1-2-5-10(6-3-1)9-13-12-8-4-7-11-12/h1-7H,9H2. The van der Waals surface area contributed by atoms with E-state index in [0.29, 0.717) is 6.61 Å². The van der Waals surface area contributed by atoms with Gasteiger partial charge in [-0.1, -0.05) is 35.2 Å². The number of hydrogen-bond donors (Lipinski definition) is 0. The molecule has 1 aromatic heterocycles. The molecule has 1 heterocycles. The predicted octanol–water partition coefficient (Wildman–Crippen LogP) is 1.31. The summed E-state index contributed by atoms with van der Waals surface area (Å²) >= 11 is 0. The minimum absolute atomic E-state index is 0.513.